The van der Waals surface area contributed by atoms with E-state index in [2.05, 4.69) is 30.8 Å². The Morgan fingerprint density at radius 2 is 2.05 bits per heavy atom. The molecule has 21 heavy (non-hydrogen) atoms. The van der Waals surface area contributed by atoms with Crippen molar-refractivity contribution in [3.63, 3.8) is 0 Å². The van der Waals surface area contributed by atoms with Crippen LogP contribution in [0.4, 0.5) is 5.82 Å². The van der Waals surface area contributed by atoms with Gasteiger partial charge in [-0.25, -0.2) is 0 Å². The number of aromatic nitrogens is 2. The van der Waals surface area contributed by atoms with Crippen molar-refractivity contribution in [2.24, 2.45) is 0 Å². The highest BCUT2D eigenvalue weighted by atomic mass is 16.5. The predicted molar refractivity (Wildman–Crippen MR) is 81.9 cm³/mol. The van der Waals surface area contributed by atoms with Gasteiger partial charge in [0.2, 0.25) is 5.88 Å². The van der Waals surface area contributed by atoms with Crippen LogP contribution in [0.3, 0.4) is 0 Å². The van der Waals surface area contributed by atoms with E-state index in [1.165, 1.54) is 0 Å². The highest BCUT2D eigenvalue weighted by molar-refractivity contribution is 5.38. The first kappa shape index (κ1) is 14.5. The molecule has 2 aliphatic heterocycles. The highest BCUT2D eigenvalue weighted by Crippen LogP contribution is 2.14. The van der Waals surface area contributed by atoms with Crippen molar-refractivity contribution in [1.29, 1.82) is 0 Å². The molecule has 1 aromatic heterocycles. The van der Waals surface area contributed by atoms with Crippen LogP contribution < -0.4 is 25.6 Å². The SMILES string of the molecule is c1ncc(N2CCNCC2)nc1OCCC1CNCCN1. The lowest BCUT2D eigenvalue weighted by Crippen LogP contribution is -2.48. The summed E-state index contributed by atoms with van der Waals surface area (Å²) in [6.07, 6.45) is 4.48. The topological polar surface area (TPSA) is 74.3 Å². The zero-order valence-electron chi connectivity index (χ0n) is 12.3. The monoisotopic (exact) mass is 292 g/mol. The molecule has 0 bridgehead atoms. The summed E-state index contributed by atoms with van der Waals surface area (Å²) in [5.74, 6) is 1.53. The summed E-state index contributed by atoms with van der Waals surface area (Å²) in [7, 11) is 0. The molecular formula is C14H24N6O. The highest BCUT2D eigenvalue weighted by Gasteiger charge is 2.14. The van der Waals surface area contributed by atoms with Crippen LogP contribution in [0.25, 0.3) is 0 Å². The molecule has 0 radical (unpaired) electrons. The molecule has 2 aliphatic rings. The first-order chi connectivity index (χ1) is 10.4. The molecule has 1 aromatic rings. The molecule has 0 aliphatic carbocycles. The molecule has 0 amide bonds. The predicted octanol–water partition coefficient (Wildman–Crippen LogP) is -0.783. The third-order valence-corrected chi connectivity index (χ3v) is 3.88. The van der Waals surface area contributed by atoms with E-state index in [9.17, 15) is 0 Å². The standard InChI is InChI=1S/C14H24N6O/c1(12-9-16-2-3-18-12)8-21-14-11-17-10-13(19-14)20-6-4-15-5-7-20/h10-12,15-16,18H,1-9H2. The van der Waals surface area contributed by atoms with Crippen molar-refractivity contribution < 1.29 is 4.74 Å². The van der Waals surface area contributed by atoms with Gasteiger partial charge >= 0.3 is 0 Å². The van der Waals surface area contributed by atoms with Crippen LogP contribution in [0, 0.1) is 0 Å². The van der Waals surface area contributed by atoms with E-state index in [1.807, 2.05) is 6.20 Å². The summed E-state index contributed by atoms with van der Waals surface area (Å²) in [5, 5.41) is 10.2. The van der Waals surface area contributed by atoms with Gasteiger partial charge in [0.1, 0.15) is 0 Å². The summed E-state index contributed by atoms with van der Waals surface area (Å²) in [5.41, 5.74) is 0. The van der Waals surface area contributed by atoms with Crippen molar-refractivity contribution in [3.05, 3.63) is 12.4 Å². The Balaban J connectivity index is 1.48. The van der Waals surface area contributed by atoms with Crippen molar-refractivity contribution >= 4 is 5.82 Å². The Hall–Kier alpha value is -1.44. The molecule has 3 N–H and O–H groups in total. The first-order valence-corrected chi connectivity index (χ1v) is 7.76. The van der Waals surface area contributed by atoms with E-state index in [0.717, 1.165) is 58.1 Å². The Bertz CT molecular complexity index is 431. The van der Waals surface area contributed by atoms with Gasteiger partial charge in [-0.2, -0.15) is 4.98 Å². The van der Waals surface area contributed by atoms with Gasteiger partial charge in [0, 0.05) is 51.9 Å². The lowest BCUT2D eigenvalue weighted by molar-refractivity contribution is 0.264. The Kier molecular flexibility index (Phi) is 5.20. The summed E-state index contributed by atoms with van der Waals surface area (Å²) < 4.78 is 5.76. The van der Waals surface area contributed by atoms with Crippen molar-refractivity contribution in [2.75, 3.05) is 57.3 Å². The average molecular weight is 292 g/mol. The van der Waals surface area contributed by atoms with Gasteiger partial charge in [0.05, 0.1) is 19.0 Å². The van der Waals surface area contributed by atoms with Gasteiger partial charge in [0.25, 0.3) is 0 Å². The summed E-state index contributed by atoms with van der Waals surface area (Å²) >= 11 is 0. The second-order valence-electron chi connectivity index (χ2n) is 5.44. The van der Waals surface area contributed by atoms with Gasteiger partial charge in [-0.05, 0) is 6.42 Å². The third kappa shape index (κ3) is 4.26. The summed E-state index contributed by atoms with van der Waals surface area (Å²) in [4.78, 5) is 11.0. The van der Waals surface area contributed by atoms with Gasteiger partial charge in [0.15, 0.2) is 5.82 Å². The molecule has 2 saturated heterocycles. The molecule has 3 rings (SSSR count). The van der Waals surface area contributed by atoms with Gasteiger partial charge in [-0.3, -0.25) is 4.98 Å². The molecular weight excluding hydrogens is 268 g/mol. The maximum atomic E-state index is 5.76. The van der Waals surface area contributed by atoms with Crippen molar-refractivity contribution in [1.82, 2.24) is 25.9 Å². The van der Waals surface area contributed by atoms with Crippen LogP contribution >= 0.6 is 0 Å². The van der Waals surface area contributed by atoms with E-state index in [1.54, 1.807) is 6.20 Å². The van der Waals surface area contributed by atoms with E-state index in [4.69, 9.17) is 4.74 Å². The Labute approximate surface area is 125 Å². The minimum absolute atomic E-state index is 0.489. The number of nitrogens with one attached hydrogen (secondary N) is 3. The second-order valence-corrected chi connectivity index (χ2v) is 5.44. The lowest BCUT2D eigenvalue weighted by atomic mass is 10.2. The van der Waals surface area contributed by atoms with E-state index in [-0.39, 0.29) is 0 Å². The second kappa shape index (κ2) is 7.53. The largest absolute Gasteiger partial charge is 0.476 e. The number of hydrogen-bond donors (Lipinski definition) is 3. The number of anilines is 1. The molecule has 7 heteroatoms. The third-order valence-electron chi connectivity index (χ3n) is 3.88. The fraction of sp³-hybridized carbons (Fsp3) is 0.714. The average Bonchev–Trinajstić information content (AvgIpc) is 2.57. The molecule has 3 heterocycles. The van der Waals surface area contributed by atoms with Crippen LogP contribution in [-0.2, 0) is 0 Å². The Morgan fingerprint density at radius 1 is 1.14 bits per heavy atom. The molecule has 1 atom stereocenters. The number of hydrogen-bond acceptors (Lipinski definition) is 7. The summed E-state index contributed by atoms with van der Waals surface area (Å²) in [6.45, 7) is 7.68. The quantitative estimate of drug-likeness (QED) is 0.657. The minimum atomic E-state index is 0.489. The molecule has 7 nitrogen and oxygen atoms in total. The van der Waals surface area contributed by atoms with Crippen LogP contribution in [0.15, 0.2) is 12.4 Å². The van der Waals surface area contributed by atoms with Gasteiger partial charge in [-0.1, -0.05) is 0 Å². The number of nitrogens with zero attached hydrogens (tertiary/aromatic N) is 3. The number of piperazine rings is 2. The van der Waals surface area contributed by atoms with Crippen LogP contribution in [0.1, 0.15) is 6.42 Å². The zero-order chi connectivity index (χ0) is 14.3. The van der Waals surface area contributed by atoms with E-state index < -0.39 is 0 Å². The minimum Gasteiger partial charge on any atom is -0.476 e. The normalized spacial score (nSPS) is 23.0. The maximum absolute atomic E-state index is 5.76. The van der Waals surface area contributed by atoms with E-state index in [0.29, 0.717) is 18.5 Å². The molecule has 2 fully saturated rings. The fourth-order valence-corrected chi connectivity index (χ4v) is 2.68. The van der Waals surface area contributed by atoms with E-state index >= 15 is 0 Å². The van der Waals surface area contributed by atoms with Crippen LogP contribution in [0.5, 0.6) is 5.88 Å². The van der Waals surface area contributed by atoms with Crippen molar-refractivity contribution in [3.8, 4) is 5.88 Å². The van der Waals surface area contributed by atoms with Gasteiger partial charge in [-0.15, -0.1) is 0 Å². The van der Waals surface area contributed by atoms with Crippen LogP contribution in [0.2, 0.25) is 0 Å². The molecule has 0 saturated carbocycles. The van der Waals surface area contributed by atoms with Crippen LogP contribution in [-0.4, -0.2) is 68.4 Å². The molecule has 116 valence electrons. The molecule has 0 spiro atoms. The Morgan fingerprint density at radius 3 is 2.86 bits per heavy atom. The fourth-order valence-electron chi connectivity index (χ4n) is 2.68. The lowest BCUT2D eigenvalue weighted by Gasteiger charge is -2.28. The number of rotatable bonds is 5. The van der Waals surface area contributed by atoms with Crippen molar-refractivity contribution in [2.45, 2.75) is 12.5 Å². The smallest absolute Gasteiger partial charge is 0.234 e. The molecule has 1 unspecified atom stereocenters. The van der Waals surface area contributed by atoms with Gasteiger partial charge < -0.3 is 25.6 Å². The first-order valence-electron chi connectivity index (χ1n) is 7.76. The zero-order valence-corrected chi connectivity index (χ0v) is 12.3. The molecule has 0 aromatic carbocycles. The maximum Gasteiger partial charge on any atom is 0.234 e. The number of ether oxygens (including phenoxy) is 1. The summed E-state index contributed by atoms with van der Waals surface area (Å²) in [6, 6.07) is 0.489.